The lowest BCUT2D eigenvalue weighted by atomic mass is 10.1. The molecule has 0 saturated carbocycles. The predicted octanol–water partition coefficient (Wildman–Crippen LogP) is 1.76. The minimum absolute atomic E-state index is 0.0309. The van der Waals surface area contributed by atoms with E-state index in [0.29, 0.717) is 5.56 Å². The number of ether oxygens (including phenoxy) is 2. The van der Waals surface area contributed by atoms with Gasteiger partial charge in [0.25, 0.3) is 5.91 Å². The zero-order valence-corrected chi connectivity index (χ0v) is 15.1. The second-order valence-electron chi connectivity index (χ2n) is 5.88. The van der Waals surface area contributed by atoms with E-state index in [1.54, 1.807) is 19.1 Å². The Bertz CT molecular complexity index is 818. The number of aromatic hydroxyl groups is 1. The Hall–Kier alpha value is -3.35. The van der Waals surface area contributed by atoms with E-state index in [-0.39, 0.29) is 17.7 Å². The molecule has 2 aromatic rings. The average molecular weight is 371 g/mol. The molecule has 142 valence electrons. The normalized spacial score (nSPS) is 11.3. The quantitative estimate of drug-likeness (QED) is 0.719. The van der Waals surface area contributed by atoms with E-state index in [9.17, 15) is 19.5 Å². The maximum absolute atomic E-state index is 12.1. The van der Waals surface area contributed by atoms with Crippen LogP contribution in [0.2, 0.25) is 0 Å². The number of carbonyl (C=O) groups is 3. The minimum Gasteiger partial charge on any atom is -0.507 e. The summed E-state index contributed by atoms with van der Waals surface area (Å²) in [5, 5.41) is 12.4. The fourth-order valence-corrected chi connectivity index (χ4v) is 2.45. The fraction of sp³-hybridized carbons (Fsp3) is 0.250. The summed E-state index contributed by atoms with van der Waals surface area (Å²) in [5.74, 6) is -2.28. The van der Waals surface area contributed by atoms with Crippen LogP contribution >= 0.6 is 0 Å². The first kappa shape index (κ1) is 20.0. The van der Waals surface area contributed by atoms with E-state index >= 15 is 0 Å². The number of carbonyl (C=O) groups excluding carboxylic acids is 3. The van der Waals surface area contributed by atoms with Crippen molar-refractivity contribution in [2.45, 2.75) is 19.4 Å². The number of benzene rings is 2. The summed E-state index contributed by atoms with van der Waals surface area (Å²) in [6, 6.07) is 12.9. The first-order valence-corrected chi connectivity index (χ1v) is 8.29. The minimum atomic E-state index is -0.907. The molecule has 0 bridgehead atoms. The monoisotopic (exact) mass is 371 g/mol. The highest BCUT2D eigenvalue weighted by Gasteiger charge is 2.23. The second kappa shape index (κ2) is 9.38. The molecule has 27 heavy (non-hydrogen) atoms. The van der Waals surface area contributed by atoms with Crippen molar-refractivity contribution in [3.05, 3.63) is 65.2 Å². The van der Waals surface area contributed by atoms with Crippen LogP contribution in [-0.2, 0) is 25.5 Å². The number of phenolic OH excluding ortho intramolecular Hbond substituents is 1. The lowest BCUT2D eigenvalue weighted by Crippen LogP contribution is -2.44. The number of amides is 1. The molecule has 2 rings (SSSR count). The van der Waals surface area contributed by atoms with Crippen LogP contribution in [-0.4, -0.2) is 42.7 Å². The zero-order chi connectivity index (χ0) is 19.8. The maximum atomic E-state index is 12.1. The van der Waals surface area contributed by atoms with Crippen molar-refractivity contribution >= 4 is 17.8 Å². The molecule has 0 aliphatic heterocycles. The Morgan fingerprint density at radius 1 is 1.07 bits per heavy atom. The third-order valence-corrected chi connectivity index (χ3v) is 3.90. The molecule has 0 saturated heterocycles. The van der Waals surface area contributed by atoms with Gasteiger partial charge in [0.15, 0.2) is 6.61 Å². The van der Waals surface area contributed by atoms with Crippen LogP contribution in [0.15, 0.2) is 48.5 Å². The SMILES string of the molecule is COC(=O)[C@H](Cc1ccccc1)NC(=O)COC(=O)c1cccc(C)c1O. The molecule has 7 nitrogen and oxygen atoms in total. The number of para-hydroxylation sites is 1. The van der Waals surface area contributed by atoms with Crippen LogP contribution < -0.4 is 5.32 Å². The standard InChI is InChI=1S/C20H21NO6/c1-13-7-6-10-15(18(13)23)19(24)27-12-17(22)21-16(20(25)26-2)11-14-8-4-3-5-9-14/h3-10,16,23H,11-12H2,1-2H3,(H,21,22)/t16-/m0/s1. The van der Waals surface area contributed by atoms with E-state index < -0.39 is 30.5 Å². The van der Waals surface area contributed by atoms with Gasteiger partial charge < -0.3 is 19.9 Å². The summed E-state index contributed by atoms with van der Waals surface area (Å²) in [6.45, 7) is 1.05. The Kier molecular flexibility index (Phi) is 6.93. The number of esters is 2. The number of aryl methyl sites for hydroxylation is 1. The topological polar surface area (TPSA) is 102 Å². The highest BCUT2D eigenvalue weighted by Crippen LogP contribution is 2.21. The molecule has 0 aliphatic carbocycles. The molecule has 0 unspecified atom stereocenters. The Morgan fingerprint density at radius 3 is 2.44 bits per heavy atom. The van der Waals surface area contributed by atoms with Gasteiger partial charge in [-0.05, 0) is 24.1 Å². The van der Waals surface area contributed by atoms with E-state index in [2.05, 4.69) is 5.32 Å². The van der Waals surface area contributed by atoms with Crippen molar-refractivity contribution in [2.75, 3.05) is 13.7 Å². The third kappa shape index (κ3) is 5.57. The molecule has 0 aliphatic rings. The van der Waals surface area contributed by atoms with E-state index in [0.717, 1.165) is 5.56 Å². The van der Waals surface area contributed by atoms with Crippen LogP contribution in [0.25, 0.3) is 0 Å². The van der Waals surface area contributed by atoms with Crippen molar-refractivity contribution in [1.82, 2.24) is 5.32 Å². The largest absolute Gasteiger partial charge is 0.507 e. The van der Waals surface area contributed by atoms with Gasteiger partial charge in [0, 0.05) is 6.42 Å². The maximum Gasteiger partial charge on any atom is 0.342 e. The molecule has 7 heteroatoms. The molecule has 2 aromatic carbocycles. The molecule has 1 atom stereocenters. The van der Waals surface area contributed by atoms with Gasteiger partial charge in [-0.3, -0.25) is 4.79 Å². The average Bonchev–Trinajstić information content (AvgIpc) is 2.68. The Balaban J connectivity index is 1.96. The van der Waals surface area contributed by atoms with Crippen LogP contribution in [0.5, 0.6) is 5.75 Å². The van der Waals surface area contributed by atoms with Gasteiger partial charge in [-0.1, -0.05) is 42.5 Å². The van der Waals surface area contributed by atoms with Crippen molar-refractivity contribution < 1.29 is 29.0 Å². The van der Waals surface area contributed by atoms with E-state index in [1.807, 2.05) is 30.3 Å². The zero-order valence-electron chi connectivity index (χ0n) is 15.1. The second-order valence-corrected chi connectivity index (χ2v) is 5.88. The molecule has 0 fully saturated rings. The summed E-state index contributed by atoms with van der Waals surface area (Å²) < 4.78 is 9.64. The highest BCUT2D eigenvalue weighted by molar-refractivity contribution is 5.94. The smallest absolute Gasteiger partial charge is 0.342 e. The van der Waals surface area contributed by atoms with Crippen LogP contribution in [0.1, 0.15) is 21.5 Å². The van der Waals surface area contributed by atoms with Crippen LogP contribution in [0.4, 0.5) is 0 Å². The number of nitrogens with one attached hydrogen (secondary N) is 1. The first-order valence-electron chi connectivity index (χ1n) is 8.29. The van der Waals surface area contributed by atoms with Gasteiger partial charge in [-0.2, -0.15) is 0 Å². The van der Waals surface area contributed by atoms with Crippen LogP contribution in [0.3, 0.4) is 0 Å². The van der Waals surface area contributed by atoms with Crippen molar-refractivity contribution in [3.63, 3.8) is 0 Å². The predicted molar refractivity (Wildman–Crippen MR) is 97.2 cm³/mol. The first-order chi connectivity index (χ1) is 12.9. The molecule has 2 N–H and O–H groups in total. The summed E-state index contributed by atoms with van der Waals surface area (Å²) in [6.07, 6.45) is 0.242. The third-order valence-electron chi connectivity index (χ3n) is 3.90. The number of phenols is 1. The summed E-state index contributed by atoms with van der Waals surface area (Å²) in [4.78, 5) is 36.0. The van der Waals surface area contributed by atoms with Gasteiger partial charge in [0.2, 0.25) is 0 Å². The number of rotatable bonds is 7. The fourth-order valence-electron chi connectivity index (χ4n) is 2.45. The lowest BCUT2D eigenvalue weighted by Gasteiger charge is -2.16. The highest BCUT2D eigenvalue weighted by atomic mass is 16.5. The summed E-state index contributed by atoms with van der Waals surface area (Å²) in [5.41, 5.74) is 1.33. The molecule has 0 heterocycles. The van der Waals surface area contributed by atoms with Gasteiger partial charge in [-0.25, -0.2) is 9.59 Å². The molecule has 0 radical (unpaired) electrons. The number of hydrogen-bond acceptors (Lipinski definition) is 6. The van der Waals surface area contributed by atoms with Gasteiger partial charge >= 0.3 is 11.9 Å². The molecule has 0 spiro atoms. The number of methoxy groups -OCH3 is 1. The van der Waals surface area contributed by atoms with Crippen LogP contribution in [0, 0.1) is 6.92 Å². The van der Waals surface area contributed by atoms with Crippen molar-refractivity contribution in [2.24, 2.45) is 0 Å². The van der Waals surface area contributed by atoms with Crippen molar-refractivity contribution in [3.8, 4) is 5.75 Å². The molecular formula is C20H21NO6. The Morgan fingerprint density at radius 2 is 1.78 bits per heavy atom. The van der Waals surface area contributed by atoms with E-state index in [1.165, 1.54) is 13.2 Å². The molecule has 1 amide bonds. The van der Waals surface area contributed by atoms with Gasteiger partial charge in [-0.15, -0.1) is 0 Å². The summed E-state index contributed by atoms with van der Waals surface area (Å²) in [7, 11) is 1.23. The molecule has 0 aromatic heterocycles. The van der Waals surface area contributed by atoms with Gasteiger partial charge in [0.05, 0.1) is 7.11 Å². The van der Waals surface area contributed by atoms with Gasteiger partial charge in [0.1, 0.15) is 17.4 Å². The molecular weight excluding hydrogens is 350 g/mol. The Labute approximate surface area is 156 Å². The van der Waals surface area contributed by atoms with E-state index in [4.69, 9.17) is 9.47 Å². The summed E-state index contributed by atoms with van der Waals surface area (Å²) >= 11 is 0. The van der Waals surface area contributed by atoms with Crippen molar-refractivity contribution in [1.29, 1.82) is 0 Å². The number of hydrogen-bond donors (Lipinski definition) is 2. The lowest BCUT2D eigenvalue weighted by molar-refractivity contribution is -0.145.